The maximum atomic E-state index is 10.9. The van der Waals surface area contributed by atoms with Crippen LogP contribution in [0.4, 0.5) is 5.69 Å². The number of non-ortho nitro benzene ring substituents is 1. The first-order valence-corrected chi connectivity index (χ1v) is 8.43. The first kappa shape index (κ1) is 16.1. The van der Waals surface area contributed by atoms with E-state index >= 15 is 0 Å². The molecule has 0 aromatic heterocycles. The van der Waals surface area contributed by atoms with Gasteiger partial charge in [-0.25, -0.2) is 0 Å². The summed E-state index contributed by atoms with van der Waals surface area (Å²) in [5.41, 5.74) is 1.07. The van der Waals surface area contributed by atoms with Crippen LogP contribution in [0.1, 0.15) is 18.9 Å². The summed E-state index contributed by atoms with van der Waals surface area (Å²) in [5, 5.41) is 14.5. The summed E-state index contributed by atoms with van der Waals surface area (Å²) in [5.74, 6) is 3.44. The van der Waals surface area contributed by atoms with Gasteiger partial charge in [-0.2, -0.15) is 11.8 Å². The second-order valence-corrected chi connectivity index (χ2v) is 6.39. The van der Waals surface area contributed by atoms with Gasteiger partial charge in [-0.05, 0) is 37.1 Å². The molecule has 1 aliphatic rings. The summed E-state index contributed by atoms with van der Waals surface area (Å²) in [7, 11) is 1.61. The predicted octanol–water partition coefficient (Wildman–Crippen LogP) is 2.88. The van der Waals surface area contributed by atoms with E-state index in [0.717, 1.165) is 42.2 Å². The molecule has 21 heavy (non-hydrogen) atoms. The third-order valence-corrected chi connectivity index (χ3v) is 5.07. The number of methoxy groups -OCH3 is 1. The first-order chi connectivity index (χ1) is 10.2. The minimum absolute atomic E-state index is 0.134. The van der Waals surface area contributed by atoms with Gasteiger partial charge in [0.1, 0.15) is 5.75 Å². The summed E-state index contributed by atoms with van der Waals surface area (Å²) in [6.07, 6.45) is 1.94. The summed E-state index contributed by atoms with van der Waals surface area (Å²) in [4.78, 5) is 10.6. The van der Waals surface area contributed by atoms with Crippen molar-refractivity contribution in [3.05, 3.63) is 33.9 Å². The Bertz CT molecular complexity index is 496. The lowest BCUT2D eigenvalue weighted by Gasteiger charge is -2.21. The Labute approximate surface area is 129 Å². The molecule has 5 nitrogen and oxygen atoms in total. The highest BCUT2D eigenvalue weighted by atomic mass is 32.2. The van der Waals surface area contributed by atoms with Crippen LogP contribution < -0.4 is 10.1 Å². The Morgan fingerprint density at radius 2 is 2.29 bits per heavy atom. The lowest BCUT2D eigenvalue weighted by molar-refractivity contribution is -0.384. The highest BCUT2D eigenvalue weighted by Gasteiger charge is 2.28. The van der Waals surface area contributed by atoms with Gasteiger partial charge in [0.25, 0.3) is 5.69 Å². The number of thioether (sulfide) groups is 1. The molecule has 1 saturated heterocycles. The molecule has 1 aromatic carbocycles. The second-order valence-electron chi connectivity index (χ2n) is 5.32. The molecular formula is C15H22N2O3S. The molecular weight excluding hydrogens is 288 g/mol. The molecule has 1 aromatic rings. The van der Waals surface area contributed by atoms with Crippen molar-refractivity contribution in [2.45, 2.75) is 25.8 Å². The van der Waals surface area contributed by atoms with E-state index in [1.807, 2.05) is 11.8 Å². The highest BCUT2D eigenvalue weighted by Crippen LogP contribution is 2.32. The molecule has 116 valence electrons. The van der Waals surface area contributed by atoms with Crippen LogP contribution in [0.5, 0.6) is 5.75 Å². The molecule has 0 aliphatic carbocycles. The third-order valence-electron chi connectivity index (χ3n) is 3.81. The molecule has 6 heteroatoms. The minimum atomic E-state index is -0.348. The first-order valence-electron chi connectivity index (χ1n) is 7.28. The molecule has 0 saturated carbocycles. The van der Waals surface area contributed by atoms with E-state index in [1.54, 1.807) is 19.2 Å². The van der Waals surface area contributed by atoms with Gasteiger partial charge in [-0.1, -0.05) is 6.92 Å². The number of nitro benzene ring substituents is 1. The Morgan fingerprint density at radius 1 is 1.48 bits per heavy atom. The zero-order valence-electron chi connectivity index (χ0n) is 12.5. The summed E-state index contributed by atoms with van der Waals surface area (Å²) < 4.78 is 5.36. The highest BCUT2D eigenvalue weighted by molar-refractivity contribution is 7.99. The number of nitrogens with zero attached hydrogens (tertiary/aromatic N) is 1. The molecule has 1 N–H and O–H groups in total. The van der Waals surface area contributed by atoms with Crippen LogP contribution >= 0.6 is 11.8 Å². The summed E-state index contributed by atoms with van der Waals surface area (Å²) in [6, 6.07) is 5.33. The SMILES string of the molecule is CCCNC1CSCC1Cc1cc([N+](=O)[O-])ccc1OC. The van der Waals surface area contributed by atoms with Crippen LogP contribution in [0.15, 0.2) is 18.2 Å². The third kappa shape index (κ3) is 4.11. The quantitative estimate of drug-likeness (QED) is 0.620. The zero-order valence-corrected chi connectivity index (χ0v) is 13.3. The van der Waals surface area contributed by atoms with Crippen LogP contribution in [0.2, 0.25) is 0 Å². The number of hydrogen-bond acceptors (Lipinski definition) is 5. The lowest BCUT2D eigenvalue weighted by atomic mass is 9.94. The summed E-state index contributed by atoms with van der Waals surface area (Å²) >= 11 is 1.95. The van der Waals surface area contributed by atoms with Crippen LogP contribution in [0.25, 0.3) is 0 Å². The topological polar surface area (TPSA) is 64.4 Å². The average Bonchev–Trinajstić information content (AvgIpc) is 2.92. The van der Waals surface area contributed by atoms with Crippen molar-refractivity contribution in [1.29, 1.82) is 0 Å². The molecule has 0 amide bonds. The molecule has 1 aliphatic heterocycles. The van der Waals surface area contributed by atoms with Gasteiger partial charge in [0.2, 0.25) is 0 Å². The fourth-order valence-corrected chi connectivity index (χ4v) is 4.11. The van der Waals surface area contributed by atoms with Gasteiger partial charge in [-0.15, -0.1) is 0 Å². The van der Waals surface area contributed by atoms with E-state index < -0.39 is 0 Å². The second kappa shape index (κ2) is 7.66. The molecule has 2 unspecified atom stereocenters. The molecule has 2 rings (SSSR count). The fourth-order valence-electron chi connectivity index (χ4n) is 2.68. The van der Waals surface area contributed by atoms with E-state index in [1.165, 1.54) is 6.07 Å². The summed E-state index contributed by atoms with van der Waals surface area (Å²) in [6.45, 7) is 3.18. The number of benzene rings is 1. The van der Waals surface area contributed by atoms with E-state index in [0.29, 0.717) is 12.0 Å². The van der Waals surface area contributed by atoms with Gasteiger partial charge in [0, 0.05) is 29.5 Å². The van der Waals surface area contributed by atoms with Gasteiger partial charge >= 0.3 is 0 Å². The number of nitro groups is 1. The fraction of sp³-hybridized carbons (Fsp3) is 0.600. The standard InChI is InChI=1S/C15H22N2O3S/c1-3-6-16-14-10-21-9-12(14)7-11-8-13(17(18)19)4-5-15(11)20-2/h4-5,8,12,14,16H,3,6-7,9-10H2,1-2H3. The average molecular weight is 310 g/mol. The van der Waals surface area contributed by atoms with Crippen molar-refractivity contribution in [1.82, 2.24) is 5.32 Å². The van der Waals surface area contributed by atoms with E-state index in [-0.39, 0.29) is 10.6 Å². The predicted molar refractivity (Wildman–Crippen MR) is 86.2 cm³/mol. The van der Waals surface area contributed by atoms with Gasteiger partial charge in [0.05, 0.1) is 12.0 Å². The molecule has 0 spiro atoms. The van der Waals surface area contributed by atoms with Crippen LogP contribution in [-0.4, -0.2) is 36.1 Å². The van der Waals surface area contributed by atoms with E-state index in [4.69, 9.17) is 4.74 Å². The molecule has 1 fully saturated rings. The minimum Gasteiger partial charge on any atom is -0.496 e. The number of ether oxygens (including phenoxy) is 1. The van der Waals surface area contributed by atoms with Gasteiger partial charge < -0.3 is 10.1 Å². The van der Waals surface area contributed by atoms with Crippen LogP contribution in [-0.2, 0) is 6.42 Å². The smallest absolute Gasteiger partial charge is 0.269 e. The molecule has 2 atom stereocenters. The van der Waals surface area contributed by atoms with Crippen molar-refractivity contribution in [3.8, 4) is 5.75 Å². The van der Waals surface area contributed by atoms with E-state index in [9.17, 15) is 10.1 Å². The monoisotopic (exact) mass is 310 g/mol. The van der Waals surface area contributed by atoms with E-state index in [2.05, 4.69) is 12.2 Å². The zero-order chi connectivity index (χ0) is 15.2. The van der Waals surface area contributed by atoms with Gasteiger partial charge in [0.15, 0.2) is 0 Å². The molecule has 0 bridgehead atoms. The van der Waals surface area contributed by atoms with Crippen molar-refractivity contribution < 1.29 is 9.66 Å². The number of rotatable bonds is 7. The Hall–Kier alpha value is -1.27. The van der Waals surface area contributed by atoms with Crippen LogP contribution in [0, 0.1) is 16.0 Å². The molecule has 1 heterocycles. The molecule has 0 radical (unpaired) electrons. The number of nitrogens with one attached hydrogen (secondary N) is 1. The Morgan fingerprint density at radius 3 is 2.95 bits per heavy atom. The Balaban J connectivity index is 2.13. The maximum Gasteiger partial charge on any atom is 0.269 e. The number of hydrogen-bond donors (Lipinski definition) is 1. The Kier molecular flexibility index (Phi) is 5.87. The van der Waals surface area contributed by atoms with Crippen LogP contribution in [0.3, 0.4) is 0 Å². The lowest BCUT2D eigenvalue weighted by Crippen LogP contribution is -2.36. The largest absolute Gasteiger partial charge is 0.496 e. The van der Waals surface area contributed by atoms with Crippen molar-refractivity contribution in [2.24, 2.45) is 5.92 Å². The van der Waals surface area contributed by atoms with Crippen molar-refractivity contribution >= 4 is 17.4 Å². The normalized spacial score (nSPS) is 21.4. The van der Waals surface area contributed by atoms with Gasteiger partial charge in [-0.3, -0.25) is 10.1 Å². The van der Waals surface area contributed by atoms with Crippen molar-refractivity contribution in [2.75, 3.05) is 25.2 Å². The van der Waals surface area contributed by atoms with Crippen molar-refractivity contribution in [3.63, 3.8) is 0 Å². The maximum absolute atomic E-state index is 10.9.